The monoisotopic (exact) mass is 335 g/mol. The van der Waals surface area contributed by atoms with E-state index in [0.29, 0.717) is 0 Å². The zero-order chi connectivity index (χ0) is 14.5. The van der Waals surface area contributed by atoms with Crippen LogP contribution < -0.4 is 14.8 Å². The third-order valence-corrected chi connectivity index (χ3v) is 3.62. The van der Waals surface area contributed by atoms with Crippen LogP contribution in [0.2, 0.25) is 0 Å². The molecule has 0 bridgehead atoms. The van der Waals surface area contributed by atoms with Crippen LogP contribution in [0.1, 0.15) is 18.5 Å². The smallest absolute Gasteiger partial charge is 0.142 e. The molecular formula is C16H18BrNO2. The zero-order valence-electron chi connectivity index (χ0n) is 11.8. The number of ether oxygens (including phenoxy) is 2. The maximum Gasteiger partial charge on any atom is 0.142 e. The molecule has 2 aromatic carbocycles. The van der Waals surface area contributed by atoms with E-state index in [2.05, 4.69) is 34.2 Å². The number of benzene rings is 2. The van der Waals surface area contributed by atoms with Crippen molar-refractivity contribution >= 4 is 21.6 Å². The predicted octanol–water partition coefficient (Wildman–Crippen LogP) is 4.64. The van der Waals surface area contributed by atoms with E-state index in [-0.39, 0.29) is 6.04 Å². The average molecular weight is 336 g/mol. The Balaban J connectivity index is 2.22. The number of halogens is 1. The van der Waals surface area contributed by atoms with E-state index in [1.165, 1.54) is 0 Å². The average Bonchev–Trinajstić information content (AvgIpc) is 2.47. The van der Waals surface area contributed by atoms with Crippen LogP contribution in [0.15, 0.2) is 46.9 Å². The summed E-state index contributed by atoms with van der Waals surface area (Å²) < 4.78 is 11.6. The fourth-order valence-corrected chi connectivity index (χ4v) is 2.38. The van der Waals surface area contributed by atoms with E-state index in [0.717, 1.165) is 27.2 Å². The van der Waals surface area contributed by atoms with Crippen LogP contribution in [0, 0.1) is 0 Å². The van der Waals surface area contributed by atoms with Gasteiger partial charge in [0, 0.05) is 10.5 Å². The molecule has 1 atom stereocenters. The molecule has 0 saturated heterocycles. The standard InChI is InChI=1S/C16H18BrNO2/c1-11(12-5-4-6-14(9-12)19-2)18-15-10-13(17)7-8-16(15)20-3/h4-11,18H,1-3H3. The number of hydrogen-bond acceptors (Lipinski definition) is 3. The van der Waals surface area contributed by atoms with E-state index < -0.39 is 0 Å². The third kappa shape index (κ3) is 3.45. The second kappa shape index (κ2) is 6.66. The minimum atomic E-state index is 0.147. The molecule has 0 radical (unpaired) electrons. The lowest BCUT2D eigenvalue weighted by atomic mass is 10.1. The second-order valence-corrected chi connectivity index (χ2v) is 5.40. The van der Waals surface area contributed by atoms with Gasteiger partial charge in [-0.15, -0.1) is 0 Å². The highest BCUT2D eigenvalue weighted by Crippen LogP contribution is 2.31. The van der Waals surface area contributed by atoms with Crippen LogP contribution in [-0.2, 0) is 0 Å². The van der Waals surface area contributed by atoms with E-state index in [1.807, 2.05) is 36.4 Å². The molecule has 1 N–H and O–H groups in total. The van der Waals surface area contributed by atoms with Gasteiger partial charge in [-0.2, -0.15) is 0 Å². The van der Waals surface area contributed by atoms with Gasteiger partial charge in [-0.3, -0.25) is 0 Å². The minimum absolute atomic E-state index is 0.147. The number of anilines is 1. The molecule has 0 aliphatic carbocycles. The lowest BCUT2D eigenvalue weighted by Crippen LogP contribution is -2.07. The maximum absolute atomic E-state index is 5.37. The summed E-state index contributed by atoms with van der Waals surface area (Å²) in [6, 6.07) is 14.1. The fourth-order valence-electron chi connectivity index (χ4n) is 2.02. The first-order valence-corrected chi connectivity index (χ1v) is 7.17. The summed E-state index contributed by atoms with van der Waals surface area (Å²) in [6.07, 6.45) is 0. The van der Waals surface area contributed by atoms with Gasteiger partial charge in [0.1, 0.15) is 11.5 Å². The van der Waals surface area contributed by atoms with Crippen LogP contribution in [0.4, 0.5) is 5.69 Å². The molecule has 0 aromatic heterocycles. The van der Waals surface area contributed by atoms with Crippen molar-refractivity contribution in [1.29, 1.82) is 0 Å². The van der Waals surface area contributed by atoms with Crippen LogP contribution >= 0.6 is 15.9 Å². The lowest BCUT2D eigenvalue weighted by Gasteiger charge is -2.18. The summed E-state index contributed by atoms with van der Waals surface area (Å²) in [7, 11) is 3.35. The molecule has 0 fully saturated rings. The van der Waals surface area contributed by atoms with E-state index in [1.54, 1.807) is 14.2 Å². The van der Waals surface area contributed by atoms with Crippen LogP contribution in [0.3, 0.4) is 0 Å². The topological polar surface area (TPSA) is 30.5 Å². The summed E-state index contributed by atoms with van der Waals surface area (Å²) in [5.74, 6) is 1.68. The molecule has 0 heterocycles. The molecule has 4 heteroatoms. The van der Waals surface area contributed by atoms with Gasteiger partial charge in [0.2, 0.25) is 0 Å². The summed E-state index contributed by atoms with van der Waals surface area (Å²) in [5.41, 5.74) is 2.11. The van der Waals surface area contributed by atoms with Gasteiger partial charge in [0.05, 0.1) is 19.9 Å². The van der Waals surface area contributed by atoms with Crippen molar-refractivity contribution in [2.45, 2.75) is 13.0 Å². The normalized spacial score (nSPS) is 11.8. The van der Waals surface area contributed by atoms with Crippen molar-refractivity contribution in [3.63, 3.8) is 0 Å². The minimum Gasteiger partial charge on any atom is -0.497 e. The number of methoxy groups -OCH3 is 2. The van der Waals surface area contributed by atoms with Gasteiger partial charge in [0.25, 0.3) is 0 Å². The highest BCUT2D eigenvalue weighted by molar-refractivity contribution is 9.10. The largest absolute Gasteiger partial charge is 0.497 e. The zero-order valence-corrected chi connectivity index (χ0v) is 13.4. The van der Waals surface area contributed by atoms with Gasteiger partial charge >= 0.3 is 0 Å². The second-order valence-electron chi connectivity index (χ2n) is 4.49. The quantitative estimate of drug-likeness (QED) is 0.863. The van der Waals surface area contributed by atoms with Gasteiger partial charge < -0.3 is 14.8 Å². The maximum atomic E-state index is 5.37. The van der Waals surface area contributed by atoms with Crippen LogP contribution in [-0.4, -0.2) is 14.2 Å². The van der Waals surface area contributed by atoms with Crippen LogP contribution in [0.5, 0.6) is 11.5 Å². The van der Waals surface area contributed by atoms with Crippen molar-refractivity contribution in [3.05, 3.63) is 52.5 Å². The van der Waals surface area contributed by atoms with Crippen molar-refractivity contribution in [3.8, 4) is 11.5 Å². The van der Waals surface area contributed by atoms with E-state index in [4.69, 9.17) is 9.47 Å². The third-order valence-electron chi connectivity index (χ3n) is 3.13. The molecule has 0 amide bonds. The summed E-state index contributed by atoms with van der Waals surface area (Å²) in [6.45, 7) is 2.11. The Hall–Kier alpha value is -1.68. The van der Waals surface area contributed by atoms with E-state index in [9.17, 15) is 0 Å². The van der Waals surface area contributed by atoms with E-state index >= 15 is 0 Å². The summed E-state index contributed by atoms with van der Waals surface area (Å²) in [4.78, 5) is 0. The molecule has 2 aromatic rings. The molecule has 3 nitrogen and oxygen atoms in total. The first kappa shape index (κ1) is 14.7. The first-order valence-electron chi connectivity index (χ1n) is 6.38. The Morgan fingerprint density at radius 1 is 1.05 bits per heavy atom. The molecular weight excluding hydrogens is 318 g/mol. The first-order chi connectivity index (χ1) is 9.63. The van der Waals surface area contributed by atoms with Crippen LogP contribution in [0.25, 0.3) is 0 Å². The molecule has 1 unspecified atom stereocenters. The van der Waals surface area contributed by atoms with Gasteiger partial charge in [0.15, 0.2) is 0 Å². The molecule has 2 rings (SSSR count). The number of nitrogens with one attached hydrogen (secondary N) is 1. The van der Waals surface area contributed by atoms with Crippen molar-refractivity contribution < 1.29 is 9.47 Å². The lowest BCUT2D eigenvalue weighted by molar-refractivity contribution is 0.413. The number of rotatable bonds is 5. The Bertz CT molecular complexity index is 586. The van der Waals surface area contributed by atoms with Crippen molar-refractivity contribution in [2.75, 3.05) is 19.5 Å². The van der Waals surface area contributed by atoms with Gasteiger partial charge in [-0.25, -0.2) is 0 Å². The Morgan fingerprint density at radius 3 is 2.55 bits per heavy atom. The molecule has 0 aliphatic rings. The Morgan fingerprint density at radius 2 is 1.85 bits per heavy atom. The molecule has 0 aliphatic heterocycles. The van der Waals surface area contributed by atoms with Crippen molar-refractivity contribution in [1.82, 2.24) is 0 Å². The van der Waals surface area contributed by atoms with Crippen molar-refractivity contribution in [2.24, 2.45) is 0 Å². The summed E-state index contributed by atoms with van der Waals surface area (Å²) >= 11 is 3.48. The fraction of sp³-hybridized carbons (Fsp3) is 0.250. The summed E-state index contributed by atoms with van der Waals surface area (Å²) in [5, 5.41) is 3.46. The number of hydrogen-bond donors (Lipinski definition) is 1. The van der Waals surface area contributed by atoms with Gasteiger partial charge in [-0.1, -0.05) is 28.1 Å². The van der Waals surface area contributed by atoms with Gasteiger partial charge in [-0.05, 0) is 42.8 Å². The molecule has 20 heavy (non-hydrogen) atoms. The highest BCUT2D eigenvalue weighted by atomic mass is 79.9. The Kier molecular flexibility index (Phi) is 4.90. The molecule has 0 saturated carbocycles. The molecule has 106 valence electrons. The Labute approximate surface area is 128 Å². The predicted molar refractivity (Wildman–Crippen MR) is 85.7 cm³/mol. The highest BCUT2D eigenvalue weighted by Gasteiger charge is 2.10. The SMILES string of the molecule is COc1cccc(C(C)Nc2cc(Br)ccc2OC)c1. The molecule has 0 spiro atoms.